The molecule has 4 heteroatoms. The minimum atomic E-state index is -0.778. The van der Waals surface area contributed by atoms with Crippen LogP contribution in [0.2, 0.25) is 0 Å². The van der Waals surface area contributed by atoms with Crippen LogP contribution in [-0.4, -0.2) is 25.2 Å². The van der Waals surface area contributed by atoms with E-state index in [1.165, 1.54) is 31.4 Å². The third-order valence-corrected chi connectivity index (χ3v) is 4.47. The van der Waals surface area contributed by atoms with Crippen molar-refractivity contribution in [1.82, 2.24) is 5.32 Å². The van der Waals surface area contributed by atoms with Gasteiger partial charge in [-0.15, -0.1) is 0 Å². The molecular formula is C17H22F2N2. The molecule has 1 aliphatic heterocycles. The second-order valence-corrected chi connectivity index (χ2v) is 5.99. The normalized spacial score (nSPS) is 23.5. The molecule has 2 nitrogen and oxygen atoms in total. The lowest BCUT2D eigenvalue weighted by Gasteiger charge is -2.35. The predicted octanol–water partition coefficient (Wildman–Crippen LogP) is 3.63. The zero-order chi connectivity index (χ0) is 14.7. The van der Waals surface area contributed by atoms with Crippen molar-refractivity contribution in [2.45, 2.75) is 44.2 Å². The molecule has 0 bridgehead atoms. The van der Waals surface area contributed by atoms with Crippen molar-refractivity contribution < 1.29 is 8.78 Å². The first-order valence-electron chi connectivity index (χ1n) is 7.85. The van der Waals surface area contributed by atoms with Gasteiger partial charge in [0.05, 0.1) is 0 Å². The van der Waals surface area contributed by atoms with Gasteiger partial charge in [-0.05, 0) is 44.2 Å². The van der Waals surface area contributed by atoms with Gasteiger partial charge < -0.3 is 10.2 Å². The van der Waals surface area contributed by atoms with Gasteiger partial charge in [-0.25, -0.2) is 8.78 Å². The fourth-order valence-electron chi connectivity index (χ4n) is 3.24. The fourth-order valence-corrected chi connectivity index (χ4v) is 3.24. The summed E-state index contributed by atoms with van der Waals surface area (Å²) in [6.07, 6.45) is 10.3. The summed E-state index contributed by atoms with van der Waals surface area (Å²) in [6.45, 7) is 1.78. The molecule has 1 atom stereocenters. The summed E-state index contributed by atoms with van der Waals surface area (Å²) in [5, 5.41) is 3.70. The Morgan fingerprint density at radius 2 is 1.86 bits per heavy atom. The number of benzene rings is 1. The van der Waals surface area contributed by atoms with Crippen LogP contribution in [0.4, 0.5) is 14.5 Å². The van der Waals surface area contributed by atoms with Crippen molar-refractivity contribution >= 4 is 5.69 Å². The maximum Gasteiger partial charge on any atom is 0.160 e. The number of rotatable bonds is 3. The van der Waals surface area contributed by atoms with Crippen molar-refractivity contribution in [3.8, 4) is 0 Å². The summed E-state index contributed by atoms with van der Waals surface area (Å²) in [5.74, 6) is -1.54. The Labute approximate surface area is 124 Å². The number of allylic oxidation sites excluding steroid dienone is 1. The summed E-state index contributed by atoms with van der Waals surface area (Å²) in [4.78, 5) is 2.14. The van der Waals surface area contributed by atoms with E-state index in [4.69, 9.17) is 0 Å². The SMILES string of the molecule is Fc1ccc(N2CCC(NC3C=CCCC3)CC2)cc1F. The van der Waals surface area contributed by atoms with E-state index < -0.39 is 11.6 Å². The maximum atomic E-state index is 13.3. The highest BCUT2D eigenvalue weighted by Crippen LogP contribution is 2.23. The fraction of sp³-hybridized carbons (Fsp3) is 0.529. The lowest BCUT2D eigenvalue weighted by Crippen LogP contribution is -2.46. The van der Waals surface area contributed by atoms with Gasteiger partial charge in [0.2, 0.25) is 0 Å². The van der Waals surface area contributed by atoms with Crippen molar-refractivity contribution in [3.05, 3.63) is 42.0 Å². The lowest BCUT2D eigenvalue weighted by molar-refractivity contribution is 0.375. The van der Waals surface area contributed by atoms with E-state index >= 15 is 0 Å². The maximum absolute atomic E-state index is 13.3. The summed E-state index contributed by atoms with van der Waals surface area (Å²) in [7, 11) is 0. The van der Waals surface area contributed by atoms with Crippen LogP contribution >= 0.6 is 0 Å². The van der Waals surface area contributed by atoms with Gasteiger partial charge in [0, 0.05) is 36.9 Å². The zero-order valence-electron chi connectivity index (χ0n) is 12.2. The second kappa shape index (κ2) is 6.56. The molecule has 21 heavy (non-hydrogen) atoms. The Hall–Kier alpha value is -1.42. The van der Waals surface area contributed by atoms with E-state index in [1.807, 2.05) is 0 Å². The molecule has 0 aromatic heterocycles. The zero-order valence-corrected chi connectivity index (χ0v) is 12.2. The third-order valence-electron chi connectivity index (χ3n) is 4.47. The van der Waals surface area contributed by atoms with E-state index in [1.54, 1.807) is 6.07 Å². The average molecular weight is 292 g/mol. The number of piperidine rings is 1. The van der Waals surface area contributed by atoms with Gasteiger partial charge in [-0.1, -0.05) is 12.2 Å². The number of nitrogens with one attached hydrogen (secondary N) is 1. The molecule has 0 spiro atoms. The standard InChI is InChI=1S/C17H22F2N2/c18-16-7-6-15(12-17(16)19)21-10-8-14(9-11-21)20-13-4-2-1-3-5-13/h2,4,6-7,12-14,20H,1,3,5,8-11H2. The van der Waals surface area contributed by atoms with E-state index in [2.05, 4.69) is 22.4 Å². The average Bonchev–Trinajstić information content (AvgIpc) is 2.52. The summed E-state index contributed by atoms with van der Waals surface area (Å²) >= 11 is 0. The number of halogens is 2. The van der Waals surface area contributed by atoms with Crippen LogP contribution in [0, 0.1) is 11.6 Å². The largest absolute Gasteiger partial charge is 0.371 e. The smallest absolute Gasteiger partial charge is 0.160 e. The monoisotopic (exact) mass is 292 g/mol. The second-order valence-electron chi connectivity index (χ2n) is 5.99. The van der Waals surface area contributed by atoms with Crippen molar-refractivity contribution in [3.63, 3.8) is 0 Å². The number of anilines is 1. The van der Waals surface area contributed by atoms with Crippen LogP contribution in [0.1, 0.15) is 32.1 Å². The summed E-state index contributed by atoms with van der Waals surface area (Å²) < 4.78 is 26.3. The minimum absolute atomic E-state index is 0.513. The van der Waals surface area contributed by atoms with Crippen LogP contribution in [0.15, 0.2) is 30.4 Å². The Balaban J connectivity index is 1.53. The first-order valence-corrected chi connectivity index (χ1v) is 7.85. The predicted molar refractivity (Wildman–Crippen MR) is 81.5 cm³/mol. The third kappa shape index (κ3) is 3.62. The molecule has 3 rings (SSSR count). The van der Waals surface area contributed by atoms with Crippen LogP contribution in [0.5, 0.6) is 0 Å². The highest BCUT2D eigenvalue weighted by Gasteiger charge is 2.22. The highest BCUT2D eigenvalue weighted by atomic mass is 19.2. The van der Waals surface area contributed by atoms with E-state index in [0.29, 0.717) is 12.1 Å². The molecule has 1 fully saturated rings. The Morgan fingerprint density at radius 1 is 1.05 bits per heavy atom. The van der Waals surface area contributed by atoms with Crippen LogP contribution in [0.25, 0.3) is 0 Å². The van der Waals surface area contributed by atoms with Gasteiger partial charge in [0.1, 0.15) is 0 Å². The lowest BCUT2D eigenvalue weighted by atomic mass is 9.98. The molecule has 1 unspecified atom stereocenters. The van der Waals surface area contributed by atoms with Crippen LogP contribution in [-0.2, 0) is 0 Å². The molecule has 0 radical (unpaired) electrons. The number of hydrogen-bond donors (Lipinski definition) is 1. The van der Waals surface area contributed by atoms with E-state index in [-0.39, 0.29) is 0 Å². The molecule has 0 amide bonds. The van der Waals surface area contributed by atoms with Gasteiger partial charge in [0.25, 0.3) is 0 Å². The molecular weight excluding hydrogens is 270 g/mol. The molecule has 1 aromatic rings. The van der Waals surface area contributed by atoms with Crippen molar-refractivity contribution in [1.29, 1.82) is 0 Å². The molecule has 1 N–H and O–H groups in total. The molecule has 114 valence electrons. The van der Waals surface area contributed by atoms with Crippen molar-refractivity contribution in [2.24, 2.45) is 0 Å². The molecule has 1 aromatic carbocycles. The summed E-state index contributed by atoms with van der Waals surface area (Å²) in [5.41, 5.74) is 0.782. The van der Waals surface area contributed by atoms with Gasteiger partial charge in [-0.3, -0.25) is 0 Å². The van der Waals surface area contributed by atoms with Gasteiger partial charge in [-0.2, -0.15) is 0 Å². The highest BCUT2D eigenvalue weighted by molar-refractivity contribution is 5.47. The van der Waals surface area contributed by atoms with Crippen molar-refractivity contribution in [2.75, 3.05) is 18.0 Å². The first kappa shape index (κ1) is 14.5. The minimum Gasteiger partial charge on any atom is -0.371 e. The molecule has 2 aliphatic rings. The van der Waals surface area contributed by atoms with E-state index in [0.717, 1.165) is 31.6 Å². The summed E-state index contributed by atoms with van der Waals surface area (Å²) in [6, 6.07) is 5.21. The van der Waals surface area contributed by atoms with Gasteiger partial charge >= 0.3 is 0 Å². The Kier molecular flexibility index (Phi) is 4.54. The number of nitrogens with zero attached hydrogens (tertiary/aromatic N) is 1. The quantitative estimate of drug-likeness (QED) is 0.856. The topological polar surface area (TPSA) is 15.3 Å². The first-order chi connectivity index (χ1) is 10.2. The van der Waals surface area contributed by atoms with Crippen LogP contribution in [0.3, 0.4) is 0 Å². The van der Waals surface area contributed by atoms with Crippen LogP contribution < -0.4 is 10.2 Å². The number of hydrogen-bond acceptors (Lipinski definition) is 2. The van der Waals surface area contributed by atoms with Gasteiger partial charge in [0.15, 0.2) is 11.6 Å². The Morgan fingerprint density at radius 3 is 2.52 bits per heavy atom. The molecule has 1 saturated heterocycles. The molecule has 0 saturated carbocycles. The van der Waals surface area contributed by atoms with E-state index in [9.17, 15) is 8.78 Å². The molecule has 1 heterocycles. The molecule has 1 aliphatic carbocycles. The Bertz CT molecular complexity index is 508.